The minimum absolute atomic E-state index is 0.0999. The van der Waals surface area contributed by atoms with Crippen LogP contribution in [0, 0.1) is 20.8 Å². The highest BCUT2D eigenvalue weighted by molar-refractivity contribution is 5.34. The summed E-state index contributed by atoms with van der Waals surface area (Å²) in [6.45, 7) is 14.9. The van der Waals surface area contributed by atoms with Gasteiger partial charge in [0.15, 0.2) is 0 Å². The Morgan fingerprint density at radius 2 is 1.60 bits per heavy atom. The lowest BCUT2D eigenvalue weighted by Crippen LogP contribution is -2.41. The highest BCUT2D eigenvalue weighted by Gasteiger charge is 2.28. The average molecular weight is 209 g/mol. The van der Waals surface area contributed by atoms with Crippen molar-refractivity contribution >= 4 is 0 Å². The van der Waals surface area contributed by atoms with Gasteiger partial charge in [-0.2, -0.15) is 0 Å². The van der Waals surface area contributed by atoms with Crippen LogP contribution in [0.3, 0.4) is 0 Å². The Kier molecular flexibility index (Phi) is 3.29. The summed E-state index contributed by atoms with van der Waals surface area (Å²) in [4.78, 5) is 0. The normalized spacial score (nSPS) is 12.5. The summed E-state index contributed by atoms with van der Waals surface area (Å²) in [5.74, 6) is 2.09. The van der Waals surface area contributed by atoms with Crippen LogP contribution in [-0.2, 0) is 5.54 Å². The Bertz CT molecular complexity index is 348. The first-order valence-electron chi connectivity index (χ1n) is 5.60. The number of hydrogen-bond acceptors (Lipinski definition) is 2. The van der Waals surface area contributed by atoms with Gasteiger partial charge in [-0.1, -0.05) is 0 Å². The van der Waals surface area contributed by atoms with Gasteiger partial charge in [0.2, 0.25) is 0 Å². The van der Waals surface area contributed by atoms with E-state index < -0.39 is 0 Å². The van der Waals surface area contributed by atoms with Crippen LogP contribution < -0.4 is 5.32 Å². The standard InChI is InChI=1S/C13H23NO/c1-8(2)14-13(6,7)12-10(4)9(3)11(5)15-12/h8,14H,1-7H3. The molecule has 0 bridgehead atoms. The van der Waals surface area contributed by atoms with Gasteiger partial charge in [-0.3, -0.25) is 0 Å². The molecule has 2 heteroatoms. The summed E-state index contributed by atoms with van der Waals surface area (Å²) in [6, 6.07) is 0.449. The van der Waals surface area contributed by atoms with Crippen molar-refractivity contribution in [3.8, 4) is 0 Å². The van der Waals surface area contributed by atoms with Crippen molar-refractivity contribution in [2.75, 3.05) is 0 Å². The number of rotatable bonds is 3. The Labute approximate surface area is 93.1 Å². The van der Waals surface area contributed by atoms with E-state index in [1.807, 2.05) is 6.92 Å². The van der Waals surface area contributed by atoms with Crippen LogP contribution in [0.2, 0.25) is 0 Å². The highest BCUT2D eigenvalue weighted by Crippen LogP contribution is 2.30. The first-order chi connectivity index (χ1) is 6.75. The maximum absolute atomic E-state index is 5.85. The molecule has 1 aromatic heterocycles. The molecule has 0 radical (unpaired) electrons. The topological polar surface area (TPSA) is 25.2 Å². The lowest BCUT2D eigenvalue weighted by Gasteiger charge is -2.27. The molecular formula is C13H23NO. The Morgan fingerprint density at radius 1 is 1.07 bits per heavy atom. The van der Waals surface area contributed by atoms with Crippen molar-refractivity contribution in [3.63, 3.8) is 0 Å². The molecule has 0 aliphatic carbocycles. The van der Waals surface area contributed by atoms with Gasteiger partial charge < -0.3 is 9.73 Å². The lowest BCUT2D eigenvalue weighted by atomic mass is 9.96. The molecule has 1 rings (SSSR count). The molecule has 0 aromatic carbocycles. The van der Waals surface area contributed by atoms with Gasteiger partial charge in [0.1, 0.15) is 11.5 Å². The fraction of sp³-hybridized carbons (Fsp3) is 0.692. The summed E-state index contributed by atoms with van der Waals surface area (Å²) in [5.41, 5.74) is 2.44. The van der Waals surface area contributed by atoms with E-state index in [1.54, 1.807) is 0 Å². The van der Waals surface area contributed by atoms with Gasteiger partial charge in [-0.15, -0.1) is 0 Å². The summed E-state index contributed by atoms with van der Waals surface area (Å²) in [5, 5.41) is 3.52. The zero-order valence-electron chi connectivity index (χ0n) is 11.0. The van der Waals surface area contributed by atoms with E-state index >= 15 is 0 Å². The van der Waals surface area contributed by atoms with Crippen molar-refractivity contribution in [2.24, 2.45) is 0 Å². The number of furan rings is 1. The second kappa shape index (κ2) is 4.01. The number of hydrogen-bond donors (Lipinski definition) is 1. The molecule has 0 saturated carbocycles. The zero-order valence-corrected chi connectivity index (χ0v) is 11.0. The first-order valence-corrected chi connectivity index (χ1v) is 5.60. The Balaban J connectivity index is 3.09. The van der Waals surface area contributed by atoms with Crippen LogP contribution in [0.15, 0.2) is 4.42 Å². The van der Waals surface area contributed by atoms with Crippen LogP contribution in [-0.4, -0.2) is 6.04 Å². The van der Waals surface area contributed by atoms with Crippen molar-refractivity contribution in [2.45, 2.75) is 60.0 Å². The lowest BCUT2D eigenvalue weighted by molar-refractivity contribution is 0.291. The van der Waals surface area contributed by atoms with Crippen LogP contribution in [0.5, 0.6) is 0 Å². The molecule has 0 saturated heterocycles. The van der Waals surface area contributed by atoms with Gasteiger partial charge in [0.05, 0.1) is 5.54 Å². The maximum Gasteiger partial charge on any atom is 0.126 e. The number of aryl methyl sites for hydroxylation is 1. The van der Waals surface area contributed by atoms with E-state index in [2.05, 4.69) is 46.9 Å². The van der Waals surface area contributed by atoms with Crippen LogP contribution in [0.25, 0.3) is 0 Å². The molecule has 0 amide bonds. The van der Waals surface area contributed by atoms with E-state index in [-0.39, 0.29) is 5.54 Å². The van der Waals surface area contributed by atoms with E-state index in [9.17, 15) is 0 Å². The summed E-state index contributed by atoms with van der Waals surface area (Å²) >= 11 is 0. The second-order valence-electron chi connectivity index (χ2n) is 5.16. The maximum atomic E-state index is 5.85. The molecule has 0 aliphatic rings. The minimum Gasteiger partial charge on any atom is -0.464 e. The van der Waals surface area contributed by atoms with Gasteiger partial charge >= 0.3 is 0 Å². The molecule has 1 aromatic rings. The third kappa shape index (κ3) is 2.43. The molecule has 1 N–H and O–H groups in total. The molecule has 15 heavy (non-hydrogen) atoms. The van der Waals surface area contributed by atoms with Crippen LogP contribution >= 0.6 is 0 Å². The van der Waals surface area contributed by atoms with Crippen molar-refractivity contribution in [3.05, 3.63) is 22.6 Å². The Hall–Kier alpha value is -0.760. The average Bonchev–Trinajstić information content (AvgIpc) is 2.31. The smallest absolute Gasteiger partial charge is 0.126 e. The zero-order chi connectivity index (χ0) is 11.8. The summed E-state index contributed by atoms with van der Waals surface area (Å²) < 4.78 is 5.85. The summed E-state index contributed by atoms with van der Waals surface area (Å²) in [6.07, 6.45) is 0. The third-order valence-electron chi connectivity index (χ3n) is 2.90. The molecule has 2 nitrogen and oxygen atoms in total. The highest BCUT2D eigenvalue weighted by atomic mass is 16.3. The van der Waals surface area contributed by atoms with E-state index in [0.29, 0.717) is 6.04 Å². The molecule has 86 valence electrons. The van der Waals surface area contributed by atoms with Gasteiger partial charge in [-0.05, 0) is 59.6 Å². The predicted molar refractivity (Wildman–Crippen MR) is 64.2 cm³/mol. The SMILES string of the molecule is Cc1oc(C(C)(C)NC(C)C)c(C)c1C. The van der Waals surface area contributed by atoms with E-state index in [4.69, 9.17) is 4.42 Å². The molecule has 0 fully saturated rings. The predicted octanol–water partition coefficient (Wildman–Crippen LogP) is 3.44. The fourth-order valence-electron chi connectivity index (χ4n) is 2.12. The molecule has 1 heterocycles. The van der Waals surface area contributed by atoms with Crippen molar-refractivity contribution in [1.29, 1.82) is 0 Å². The van der Waals surface area contributed by atoms with Gasteiger partial charge in [0.25, 0.3) is 0 Å². The van der Waals surface area contributed by atoms with E-state index in [0.717, 1.165) is 11.5 Å². The van der Waals surface area contributed by atoms with E-state index in [1.165, 1.54) is 11.1 Å². The van der Waals surface area contributed by atoms with Crippen LogP contribution in [0.1, 0.15) is 50.3 Å². The first kappa shape index (κ1) is 12.3. The van der Waals surface area contributed by atoms with Crippen LogP contribution in [0.4, 0.5) is 0 Å². The third-order valence-corrected chi connectivity index (χ3v) is 2.90. The Morgan fingerprint density at radius 3 is 1.93 bits per heavy atom. The fourth-order valence-corrected chi connectivity index (χ4v) is 2.12. The monoisotopic (exact) mass is 209 g/mol. The molecule has 0 atom stereocenters. The second-order valence-corrected chi connectivity index (χ2v) is 5.16. The molecule has 0 aliphatic heterocycles. The molecule has 0 unspecified atom stereocenters. The quantitative estimate of drug-likeness (QED) is 0.825. The molecule has 0 spiro atoms. The molecular weight excluding hydrogens is 186 g/mol. The summed E-state index contributed by atoms with van der Waals surface area (Å²) in [7, 11) is 0. The van der Waals surface area contributed by atoms with Crippen molar-refractivity contribution in [1.82, 2.24) is 5.32 Å². The van der Waals surface area contributed by atoms with Gasteiger partial charge in [0, 0.05) is 6.04 Å². The van der Waals surface area contributed by atoms with Gasteiger partial charge in [-0.25, -0.2) is 0 Å². The largest absolute Gasteiger partial charge is 0.464 e. The van der Waals surface area contributed by atoms with Crippen molar-refractivity contribution < 1.29 is 4.42 Å². The minimum atomic E-state index is -0.0999. The number of nitrogens with one attached hydrogen (secondary N) is 1.